The number of ether oxygens (including phenoxy) is 2. The third-order valence-electron chi connectivity index (χ3n) is 7.58. The number of pyridine rings is 1. The van der Waals surface area contributed by atoms with Crippen molar-refractivity contribution >= 4 is 5.91 Å². The summed E-state index contributed by atoms with van der Waals surface area (Å²) in [6.07, 6.45) is 12.4. The van der Waals surface area contributed by atoms with Crippen LogP contribution in [0.1, 0.15) is 67.9 Å². The lowest BCUT2D eigenvalue weighted by Crippen LogP contribution is -2.54. The molecule has 2 aromatic heterocycles. The molecule has 1 unspecified atom stereocenters. The normalized spacial score (nSPS) is 32.3. The number of nitriles is 1. The molecule has 2 aromatic rings. The lowest BCUT2D eigenvalue weighted by Gasteiger charge is -2.42. The molecule has 32 heavy (non-hydrogen) atoms. The number of fused-ring (bicyclic) bond motifs is 1. The number of hydrogen-bond donors (Lipinski definition) is 0. The minimum absolute atomic E-state index is 0.00861. The van der Waals surface area contributed by atoms with Gasteiger partial charge in [-0.25, -0.2) is 0 Å². The highest BCUT2D eigenvalue weighted by Crippen LogP contribution is 2.51. The van der Waals surface area contributed by atoms with E-state index in [-0.39, 0.29) is 24.3 Å². The summed E-state index contributed by atoms with van der Waals surface area (Å²) in [5.41, 5.74) is 1.52. The third kappa shape index (κ3) is 2.95. The molecule has 4 aliphatic rings. The summed E-state index contributed by atoms with van der Waals surface area (Å²) in [6, 6.07) is 6.32. The summed E-state index contributed by atoms with van der Waals surface area (Å²) in [7, 11) is 0. The van der Waals surface area contributed by atoms with Gasteiger partial charge in [0, 0.05) is 31.4 Å². The Morgan fingerprint density at radius 1 is 1.19 bits per heavy atom. The highest BCUT2D eigenvalue weighted by Gasteiger charge is 2.63. The van der Waals surface area contributed by atoms with Crippen molar-refractivity contribution in [2.75, 3.05) is 0 Å². The molecule has 164 valence electrons. The van der Waals surface area contributed by atoms with Crippen LogP contribution < -0.4 is 0 Å². The summed E-state index contributed by atoms with van der Waals surface area (Å²) < 4.78 is 12.3. The number of carbonyl (C=O) groups excluding carboxylic acids is 1. The van der Waals surface area contributed by atoms with Crippen molar-refractivity contribution in [3.63, 3.8) is 0 Å². The highest BCUT2D eigenvalue weighted by atomic mass is 16.6. The molecule has 4 fully saturated rings. The highest BCUT2D eigenvalue weighted by molar-refractivity contribution is 5.89. The van der Waals surface area contributed by atoms with Crippen molar-refractivity contribution in [2.45, 2.75) is 80.9 Å². The molecule has 2 atom stereocenters. The fraction of sp³-hybridized carbons (Fsp3) is 0.542. The van der Waals surface area contributed by atoms with Crippen LogP contribution in [-0.2, 0) is 26.3 Å². The second-order valence-corrected chi connectivity index (χ2v) is 9.44. The van der Waals surface area contributed by atoms with E-state index in [1.165, 1.54) is 0 Å². The van der Waals surface area contributed by atoms with E-state index in [4.69, 9.17) is 9.47 Å². The number of rotatable bonds is 5. The number of carbonyl (C=O) groups is 1. The lowest BCUT2D eigenvalue weighted by atomic mass is 9.67. The SMILES string of the molecule is N#CC1(c2ccc(COC3CC4(C3)OC3CC[C@@H](c5cnccn5)N3C4=O)cn2)CCC1. The number of hydrogen-bond acceptors (Lipinski definition) is 7. The van der Waals surface area contributed by atoms with Gasteiger partial charge < -0.3 is 14.4 Å². The van der Waals surface area contributed by atoms with Gasteiger partial charge in [0.1, 0.15) is 6.23 Å². The van der Waals surface area contributed by atoms with Crippen molar-refractivity contribution in [1.29, 1.82) is 5.26 Å². The Hall–Kier alpha value is -2.89. The smallest absolute Gasteiger partial charge is 0.257 e. The van der Waals surface area contributed by atoms with Crippen LogP contribution in [0.5, 0.6) is 0 Å². The summed E-state index contributed by atoms with van der Waals surface area (Å²) in [6.45, 7) is 0.442. The lowest BCUT2D eigenvalue weighted by molar-refractivity contribution is -0.177. The Morgan fingerprint density at radius 3 is 2.72 bits per heavy atom. The van der Waals surface area contributed by atoms with Gasteiger partial charge in [-0.3, -0.25) is 19.7 Å². The summed E-state index contributed by atoms with van der Waals surface area (Å²) in [5.74, 6) is 0.0591. The second-order valence-electron chi connectivity index (χ2n) is 9.44. The minimum Gasteiger partial charge on any atom is -0.373 e. The molecular weight excluding hydrogens is 406 g/mol. The van der Waals surface area contributed by atoms with Gasteiger partial charge in [-0.1, -0.05) is 6.07 Å². The van der Waals surface area contributed by atoms with Gasteiger partial charge >= 0.3 is 0 Å². The Morgan fingerprint density at radius 2 is 2.06 bits per heavy atom. The fourth-order valence-electron chi connectivity index (χ4n) is 5.51. The first kappa shape index (κ1) is 19.8. The van der Waals surface area contributed by atoms with E-state index in [2.05, 4.69) is 21.0 Å². The Labute approximate surface area is 186 Å². The topological polar surface area (TPSA) is 101 Å². The van der Waals surface area contributed by atoms with Gasteiger partial charge in [0.25, 0.3) is 5.91 Å². The van der Waals surface area contributed by atoms with Crippen LogP contribution in [0.15, 0.2) is 36.9 Å². The van der Waals surface area contributed by atoms with E-state index < -0.39 is 11.0 Å². The molecule has 0 aromatic carbocycles. The summed E-state index contributed by atoms with van der Waals surface area (Å²) >= 11 is 0. The van der Waals surface area contributed by atoms with Gasteiger partial charge in [0.15, 0.2) is 5.60 Å². The van der Waals surface area contributed by atoms with E-state index in [0.717, 1.165) is 49.1 Å². The Balaban J connectivity index is 1.05. The van der Waals surface area contributed by atoms with E-state index in [1.807, 2.05) is 17.0 Å². The first-order valence-electron chi connectivity index (χ1n) is 11.4. The van der Waals surface area contributed by atoms with Crippen LogP contribution in [0.2, 0.25) is 0 Å². The maximum Gasteiger partial charge on any atom is 0.257 e. The average molecular weight is 431 g/mol. The van der Waals surface area contributed by atoms with Gasteiger partial charge in [-0.2, -0.15) is 5.26 Å². The van der Waals surface area contributed by atoms with Crippen LogP contribution in [0.3, 0.4) is 0 Å². The Kier molecular flexibility index (Phi) is 4.52. The van der Waals surface area contributed by atoms with Gasteiger partial charge in [0.2, 0.25) is 0 Å². The van der Waals surface area contributed by atoms with Crippen molar-refractivity contribution in [2.24, 2.45) is 0 Å². The molecule has 0 N–H and O–H groups in total. The van der Waals surface area contributed by atoms with E-state index in [1.54, 1.807) is 24.8 Å². The maximum absolute atomic E-state index is 13.2. The standard InChI is InChI=1S/C24H25N5O3/c25-15-23(6-1-7-23)20-4-2-16(12-28-20)14-31-17-10-24(11-17)22(30)29-19(3-5-21(29)32-24)18-13-26-8-9-27-18/h2,4,8-9,12-13,17,19,21H,1,3,5-7,10-11,14H2/t17?,19-,21?,24?/m0/s1. The summed E-state index contributed by atoms with van der Waals surface area (Å²) in [5, 5.41) is 9.47. The summed E-state index contributed by atoms with van der Waals surface area (Å²) in [4.78, 5) is 28.2. The van der Waals surface area contributed by atoms with Crippen LogP contribution in [0, 0.1) is 11.3 Å². The monoisotopic (exact) mass is 431 g/mol. The van der Waals surface area contributed by atoms with Crippen molar-refractivity contribution in [1.82, 2.24) is 19.9 Å². The molecule has 2 saturated heterocycles. The fourth-order valence-corrected chi connectivity index (χ4v) is 5.51. The van der Waals surface area contributed by atoms with Crippen molar-refractivity contribution in [3.05, 3.63) is 53.9 Å². The van der Waals surface area contributed by atoms with E-state index in [0.29, 0.717) is 19.4 Å². The second kappa shape index (κ2) is 7.32. The number of nitrogens with zero attached hydrogens (tertiary/aromatic N) is 5. The van der Waals surface area contributed by atoms with Gasteiger partial charge in [0.05, 0.1) is 47.8 Å². The Bertz CT molecular complexity index is 1060. The number of amides is 1. The zero-order chi connectivity index (χ0) is 21.8. The third-order valence-corrected chi connectivity index (χ3v) is 7.58. The molecule has 4 heterocycles. The molecule has 8 nitrogen and oxygen atoms in total. The van der Waals surface area contributed by atoms with Crippen LogP contribution in [-0.4, -0.2) is 43.7 Å². The molecule has 1 amide bonds. The van der Waals surface area contributed by atoms with Crippen LogP contribution in [0.4, 0.5) is 0 Å². The molecule has 2 saturated carbocycles. The molecular formula is C24H25N5O3. The van der Waals surface area contributed by atoms with Crippen LogP contribution >= 0.6 is 0 Å². The van der Waals surface area contributed by atoms with Crippen LogP contribution in [0.25, 0.3) is 0 Å². The van der Waals surface area contributed by atoms with E-state index in [9.17, 15) is 10.1 Å². The molecule has 0 radical (unpaired) electrons. The largest absolute Gasteiger partial charge is 0.373 e. The van der Waals surface area contributed by atoms with Crippen molar-refractivity contribution < 1.29 is 14.3 Å². The zero-order valence-corrected chi connectivity index (χ0v) is 17.8. The first-order chi connectivity index (χ1) is 15.6. The zero-order valence-electron chi connectivity index (χ0n) is 17.8. The first-order valence-corrected chi connectivity index (χ1v) is 11.4. The predicted octanol–water partition coefficient (Wildman–Crippen LogP) is 2.95. The maximum atomic E-state index is 13.2. The molecule has 6 rings (SSSR count). The average Bonchev–Trinajstić information content (AvgIpc) is 3.31. The molecule has 2 aliphatic heterocycles. The number of aromatic nitrogens is 3. The quantitative estimate of drug-likeness (QED) is 0.717. The van der Waals surface area contributed by atoms with Crippen molar-refractivity contribution in [3.8, 4) is 6.07 Å². The van der Waals surface area contributed by atoms with E-state index >= 15 is 0 Å². The molecule has 1 spiro atoms. The van der Waals surface area contributed by atoms with Gasteiger partial charge in [-0.05, 0) is 43.7 Å². The predicted molar refractivity (Wildman–Crippen MR) is 112 cm³/mol. The molecule has 8 heteroatoms. The minimum atomic E-state index is -0.748. The molecule has 2 aliphatic carbocycles. The van der Waals surface area contributed by atoms with Gasteiger partial charge in [-0.15, -0.1) is 0 Å². The molecule has 0 bridgehead atoms.